The van der Waals surface area contributed by atoms with E-state index in [1.165, 1.54) is 31.9 Å². The smallest absolute Gasteiger partial charge is 0.262 e. The fraction of sp³-hybridized carbons (Fsp3) is 0.364. The number of aromatic nitrogens is 1. The number of nitrogens with one attached hydrogen (secondary N) is 1. The maximum atomic E-state index is 13.5. The third-order valence-electron chi connectivity index (χ3n) is 4.64. The lowest BCUT2D eigenvalue weighted by atomic mass is 10.0. The first kappa shape index (κ1) is 25.5. The number of carbonyl (C=O) groups is 3. The first-order chi connectivity index (χ1) is 15.3. The maximum absolute atomic E-state index is 13.5. The summed E-state index contributed by atoms with van der Waals surface area (Å²) in [5, 5.41) is 2.84. The fourth-order valence-electron chi connectivity index (χ4n) is 3.15. The minimum Gasteiger partial charge on any atom is -0.491 e. The molecule has 0 saturated carbocycles. The number of thioether (sulfide) groups is 1. The number of methoxy groups -OCH3 is 1. The third-order valence-corrected chi connectivity index (χ3v) is 5.60. The van der Waals surface area contributed by atoms with Gasteiger partial charge in [-0.2, -0.15) is 11.8 Å². The van der Waals surface area contributed by atoms with Crippen LogP contribution in [0.5, 0.6) is 11.6 Å². The van der Waals surface area contributed by atoms with Crippen LogP contribution in [0.4, 0.5) is 5.69 Å². The molecule has 0 spiro atoms. The number of halogens is 1. The average molecular weight is 480 g/mol. The van der Waals surface area contributed by atoms with Crippen LogP contribution in [0.15, 0.2) is 24.3 Å². The molecule has 0 fully saturated rings. The van der Waals surface area contributed by atoms with Gasteiger partial charge in [0, 0.05) is 18.4 Å². The minimum absolute atomic E-state index is 0.134. The highest BCUT2D eigenvalue weighted by Crippen LogP contribution is 2.33. The highest BCUT2D eigenvalue weighted by atomic mass is 35.5. The van der Waals surface area contributed by atoms with Gasteiger partial charge in [0.25, 0.3) is 11.8 Å². The highest BCUT2D eigenvalue weighted by Gasteiger charge is 2.30. The number of hydrogen-bond donors (Lipinski definition) is 1. The zero-order valence-corrected chi connectivity index (χ0v) is 20.2. The molecule has 1 N–H and O–H groups in total. The van der Waals surface area contributed by atoms with Gasteiger partial charge in [0.15, 0.2) is 5.75 Å². The van der Waals surface area contributed by atoms with Crippen LogP contribution in [-0.4, -0.2) is 53.8 Å². The SMILES string of the molecule is CCOc1nc(C(CSC)N(C=O)C(=O)c2c(Cl)ccc(NC(C)=O)c2C)ccc1OC. The molecule has 1 aromatic carbocycles. The first-order valence-corrected chi connectivity index (χ1v) is 11.6. The van der Waals surface area contributed by atoms with Crippen LogP contribution in [-0.2, 0) is 9.59 Å². The van der Waals surface area contributed by atoms with Gasteiger partial charge in [-0.25, -0.2) is 4.98 Å². The molecule has 2 rings (SSSR count). The average Bonchev–Trinajstić information content (AvgIpc) is 2.75. The van der Waals surface area contributed by atoms with Crippen molar-refractivity contribution in [2.75, 3.05) is 31.0 Å². The summed E-state index contributed by atoms with van der Waals surface area (Å²) in [6.07, 6.45) is 2.33. The molecular weight excluding hydrogens is 454 g/mol. The number of pyridine rings is 1. The number of anilines is 1. The molecule has 8 nitrogen and oxygen atoms in total. The molecule has 172 valence electrons. The Morgan fingerprint density at radius 2 is 2.03 bits per heavy atom. The van der Waals surface area contributed by atoms with Crippen LogP contribution >= 0.6 is 23.4 Å². The Morgan fingerprint density at radius 1 is 1.31 bits per heavy atom. The zero-order valence-electron chi connectivity index (χ0n) is 18.6. The summed E-state index contributed by atoms with van der Waals surface area (Å²) in [6, 6.07) is 5.82. The van der Waals surface area contributed by atoms with E-state index >= 15 is 0 Å². The summed E-state index contributed by atoms with van der Waals surface area (Å²) in [5.41, 5.74) is 1.51. The maximum Gasteiger partial charge on any atom is 0.262 e. The van der Waals surface area contributed by atoms with Crippen molar-refractivity contribution >= 4 is 47.3 Å². The molecule has 0 aliphatic rings. The van der Waals surface area contributed by atoms with Gasteiger partial charge >= 0.3 is 0 Å². The Bertz CT molecular complexity index is 1000. The number of amides is 3. The van der Waals surface area contributed by atoms with E-state index in [-0.39, 0.29) is 22.4 Å². The number of carbonyl (C=O) groups excluding carboxylic acids is 3. The molecular formula is C22H26ClN3O5S. The standard InChI is InChI=1S/C22H26ClN3O5S/c1-6-31-21-19(30-4)10-9-17(25-21)18(11-32-5)26(12-27)22(29)20-13(2)16(24-14(3)28)8-7-15(20)23/h7-10,12,18H,6,11H2,1-5H3,(H,24,28). The number of benzene rings is 1. The van der Waals surface area contributed by atoms with E-state index in [0.717, 1.165) is 4.90 Å². The van der Waals surface area contributed by atoms with Gasteiger partial charge in [-0.3, -0.25) is 19.3 Å². The largest absolute Gasteiger partial charge is 0.491 e. The molecule has 3 amide bonds. The Labute approximate surface area is 196 Å². The predicted octanol–water partition coefficient (Wildman–Crippen LogP) is 4.11. The summed E-state index contributed by atoms with van der Waals surface area (Å²) in [6.45, 7) is 5.23. The summed E-state index contributed by atoms with van der Waals surface area (Å²) < 4.78 is 10.8. The molecule has 1 atom stereocenters. The molecule has 1 aromatic heterocycles. The molecule has 0 radical (unpaired) electrons. The van der Waals surface area contributed by atoms with E-state index in [2.05, 4.69) is 10.3 Å². The predicted molar refractivity (Wildman–Crippen MR) is 126 cm³/mol. The molecule has 32 heavy (non-hydrogen) atoms. The topological polar surface area (TPSA) is 97.8 Å². The van der Waals surface area contributed by atoms with Gasteiger partial charge in [-0.05, 0) is 49.9 Å². The lowest BCUT2D eigenvalue weighted by Gasteiger charge is -2.27. The molecule has 10 heteroatoms. The van der Waals surface area contributed by atoms with E-state index in [9.17, 15) is 14.4 Å². The highest BCUT2D eigenvalue weighted by molar-refractivity contribution is 7.98. The summed E-state index contributed by atoms with van der Waals surface area (Å²) in [4.78, 5) is 42.7. The van der Waals surface area contributed by atoms with Gasteiger partial charge in [0.05, 0.1) is 36.0 Å². The second-order valence-corrected chi connectivity index (χ2v) is 8.06. The lowest BCUT2D eigenvalue weighted by molar-refractivity contribution is -0.117. The normalized spacial score (nSPS) is 11.4. The van der Waals surface area contributed by atoms with E-state index in [4.69, 9.17) is 21.1 Å². The van der Waals surface area contributed by atoms with Crippen LogP contribution in [0.3, 0.4) is 0 Å². The Hall–Kier alpha value is -2.78. The molecule has 1 heterocycles. The van der Waals surface area contributed by atoms with Crippen LogP contribution in [0.1, 0.15) is 41.5 Å². The van der Waals surface area contributed by atoms with Crippen LogP contribution in [0.2, 0.25) is 5.02 Å². The van der Waals surface area contributed by atoms with Gasteiger partial charge in [-0.1, -0.05) is 11.6 Å². The van der Waals surface area contributed by atoms with Gasteiger partial charge in [0.1, 0.15) is 0 Å². The van der Waals surface area contributed by atoms with Gasteiger partial charge in [0.2, 0.25) is 12.3 Å². The second-order valence-electron chi connectivity index (χ2n) is 6.74. The first-order valence-electron chi connectivity index (χ1n) is 9.80. The van der Waals surface area contributed by atoms with Crippen molar-refractivity contribution in [3.63, 3.8) is 0 Å². The molecule has 0 bridgehead atoms. The van der Waals surface area contributed by atoms with E-state index < -0.39 is 11.9 Å². The van der Waals surface area contributed by atoms with Crippen molar-refractivity contribution in [2.24, 2.45) is 0 Å². The van der Waals surface area contributed by atoms with Crippen molar-refractivity contribution in [3.05, 3.63) is 46.1 Å². The van der Waals surface area contributed by atoms with Crippen molar-refractivity contribution in [1.29, 1.82) is 0 Å². The van der Waals surface area contributed by atoms with Crippen LogP contribution in [0.25, 0.3) is 0 Å². The Morgan fingerprint density at radius 3 is 2.59 bits per heavy atom. The lowest BCUT2D eigenvalue weighted by Crippen LogP contribution is -2.36. The number of ether oxygens (including phenoxy) is 2. The second kappa shape index (κ2) is 11.7. The van der Waals surface area contributed by atoms with E-state index in [1.54, 1.807) is 25.1 Å². The van der Waals surface area contributed by atoms with Crippen LogP contribution in [0, 0.1) is 6.92 Å². The third kappa shape index (κ3) is 5.72. The quantitative estimate of drug-likeness (QED) is 0.512. The summed E-state index contributed by atoms with van der Waals surface area (Å²) in [7, 11) is 1.51. The van der Waals surface area contributed by atoms with Crippen LogP contribution < -0.4 is 14.8 Å². The molecule has 1 unspecified atom stereocenters. The number of hydrogen-bond acceptors (Lipinski definition) is 7. The van der Waals surface area contributed by atoms with E-state index in [0.29, 0.717) is 41.5 Å². The van der Waals surface area contributed by atoms with Gasteiger partial charge in [-0.15, -0.1) is 0 Å². The molecule has 0 aliphatic heterocycles. The van der Waals surface area contributed by atoms with Gasteiger partial charge < -0.3 is 14.8 Å². The monoisotopic (exact) mass is 479 g/mol. The van der Waals surface area contributed by atoms with Crippen molar-refractivity contribution in [2.45, 2.75) is 26.8 Å². The van der Waals surface area contributed by atoms with Crippen molar-refractivity contribution < 1.29 is 23.9 Å². The Kier molecular flexibility index (Phi) is 9.34. The van der Waals surface area contributed by atoms with E-state index in [1.807, 2.05) is 13.2 Å². The van der Waals surface area contributed by atoms with Crippen molar-refractivity contribution in [3.8, 4) is 11.6 Å². The summed E-state index contributed by atoms with van der Waals surface area (Å²) >= 11 is 7.79. The minimum atomic E-state index is -0.681. The fourth-order valence-corrected chi connectivity index (χ4v) is 4.08. The number of rotatable bonds is 10. The molecule has 2 aromatic rings. The van der Waals surface area contributed by atoms with Crippen molar-refractivity contribution in [1.82, 2.24) is 9.88 Å². The molecule has 0 aliphatic carbocycles. The summed E-state index contributed by atoms with van der Waals surface area (Å²) in [5.74, 6) is 0.247. The number of imide groups is 1. The number of nitrogens with zero attached hydrogens (tertiary/aromatic N) is 2. The Balaban J connectivity index is 2.54. The zero-order chi connectivity index (χ0) is 23.8. The molecule has 0 saturated heterocycles.